The zero-order valence-corrected chi connectivity index (χ0v) is 10.8. The van der Waals surface area contributed by atoms with Gasteiger partial charge in [0.25, 0.3) is 0 Å². The molecule has 0 amide bonds. The number of aromatic nitrogens is 2. The lowest BCUT2D eigenvalue weighted by Gasteiger charge is -2.21. The quantitative estimate of drug-likeness (QED) is 0.812. The van der Waals surface area contributed by atoms with Crippen molar-refractivity contribution in [2.75, 3.05) is 12.8 Å². The molecular weight excluding hydrogens is 242 g/mol. The third-order valence-corrected chi connectivity index (χ3v) is 4.47. The maximum atomic E-state index is 12.2. The molecule has 1 heterocycles. The van der Waals surface area contributed by atoms with E-state index >= 15 is 0 Å². The third-order valence-electron chi connectivity index (χ3n) is 2.49. The highest BCUT2D eigenvalue weighted by Crippen LogP contribution is 2.21. The van der Waals surface area contributed by atoms with Crippen LogP contribution in [0.25, 0.3) is 0 Å². The molecule has 94 valence electrons. The first-order valence-electron chi connectivity index (χ1n) is 4.94. The minimum atomic E-state index is -3.70. The van der Waals surface area contributed by atoms with E-state index in [9.17, 15) is 8.42 Å². The fourth-order valence-electron chi connectivity index (χ4n) is 1.34. The number of nitrogen functional groups attached to an aromatic ring is 1. The number of nitrogens with zero attached hydrogens (tertiary/aromatic N) is 4. The fourth-order valence-corrected chi connectivity index (χ4v) is 2.78. The largest absolute Gasteiger partial charge is 0.381 e. The molecule has 0 fully saturated rings. The van der Waals surface area contributed by atoms with Crippen LogP contribution in [0, 0.1) is 11.3 Å². The normalized spacial score (nSPS) is 13.6. The zero-order chi connectivity index (χ0) is 13.2. The van der Waals surface area contributed by atoms with E-state index in [1.807, 2.05) is 6.07 Å². The van der Waals surface area contributed by atoms with Crippen LogP contribution in [0.5, 0.6) is 0 Å². The van der Waals surface area contributed by atoms with Gasteiger partial charge in [0.05, 0.1) is 12.5 Å². The molecule has 1 rings (SSSR count). The second kappa shape index (κ2) is 4.73. The Kier molecular flexibility index (Phi) is 3.75. The molecule has 0 saturated carbocycles. The summed E-state index contributed by atoms with van der Waals surface area (Å²) in [4.78, 5) is -0.0349. The predicted molar refractivity (Wildman–Crippen MR) is 62.3 cm³/mol. The molecule has 17 heavy (non-hydrogen) atoms. The molecule has 0 saturated heterocycles. The molecule has 0 aliphatic heterocycles. The van der Waals surface area contributed by atoms with Crippen molar-refractivity contribution in [1.29, 1.82) is 5.26 Å². The lowest BCUT2D eigenvalue weighted by molar-refractivity contribution is 0.393. The Balaban J connectivity index is 3.12. The molecule has 1 atom stereocenters. The Hall–Kier alpha value is -1.59. The van der Waals surface area contributed by atoms with E-state index in [2.05, 4.69) is 5.10 Å². The van der Waals surface area contributed by atoms with Crippen LogP contribution in [0.15, 0.2) is 11.1 Å². The number of nitriles is 1. The van der Waals surface area contributed by atoms with Crippen molar-refractivity contribution in [1.82, 2.24) is 14.1 Å². The fraction of sp³-hybridized carbons (Fsp3) is 0.556. The predicted octanol–water partition coefficient (Wildman–Crippen LogP) is -0.0750. The van der Waals surface area contributed by atoms with Gasteiger partial charge in [-0.3, -0.25) is 4.68 Å². The highest BCUT2D eigenvalue weighted by Gasteiger charge is 2.28. The van der Waals surface area contributed by atoms with Crippen molar-refractivity contribution in [3.63, 3.8) is 0 Å². The summed E-state index contributed by atoms with van der Waals surface area (Å²) >= 11 is 0. The van der Waals surface area contributed by atoms with Crippen molar-refractivity contribution < 1.29 is 8.42 Å². The first kappa shape index (κ1) is 13.5. The molecular formula is C9H15N5O2S. The SMILES string of the molecule is CC(CC#N)N(C)S(=O)(=O)c1cn(C)nc1N. The van der Waals surface area contributed by atoms with E-state index in [0.717, 1.165) is 4.31 Å². The standard InChI is InChI=1S/C9H15N5O2S/c1-7(4-5-10)14(3)17(15,16)8-6-13(2)12-9(8)11/h6-7H,4H2,1-3H3,(H2,11,12). The number of nitrogens with two attached hydrogens (primary N) is 1. The molecule has 0 aliphatic rings. The van der Waals surface area contributed by atoms with E-state index in [1.165, 1.54) is 17.9 Å². The minimum Gasteiger partial charge on any atom is -0.381 e. The van der Waals surface area contributed by atoms with Crippen LogP contribution >= 0.6 is 0 Å². The number of rotatable bonds is 4. The number of aryl methyl sites for hydroxylation is 1. The second-order valence-corrected chi connectivity index (χ2v) is 5.75. The molecule has 0 spiro atoms. The summed E-state index contributed by atoms with van der Waals surface area (Å²) in [5.74, 6) is -0.0384. The molecule has 0 bridgehead atoms. The smallest absolute Gasteiger partial charge is 0.248 e. The zero-order valence-electron chi connectivity index (χ0n) is 9.95. The van der Waals surface area contributed by atoms with Crippen LogP contribution in [0.2, 0.25) is 0 Å². The summed E-state index contributed by atoms with van der Waals surface area (Å²) in [6, 6.07) is 1.52. The molecule has 2 N–H and O–H groups in total. The van der Waals surface area contributed by atoms with E-state index in [0.29, 0.717) is 0 Å². The lowest BCUT2D eigenvalue weighted by atomic mass is 10.3. The molecule has 0 radical (unpaired) electrons. The Morgan fingerprint density at radius 3 is 2.71 bits per heavy atom. The molecule has 7 nitrogen and oxygen atoms in total. The highest BCUT2D eigenvalue weighted by atomic mass is 32.2. The van der Waals surface area contributed by atoms with Crippen LogP contribution in [-0.4, -0.2) is 35.6 Å². The number of sulfonamides is 1. The van der Waals surface area contributed by atoms with Gasteiger partial charge in [-0.1, -0.05) is 0 Å². The minimum absolute atomic E-state index is 0.0349. The van der Waals surface area contributed by atoms with Crippen LogP contribution in [0.4, 0.5) is 5.82 Å². The Bertz CT molecular complexity index is 542. The van der Waals surface area contributed by atoms with E-state index in [1.54, 1.807) is 14.0 Å². The van der Waals surface area contributed by atoms with Crippen molar-refractivity contribution in [2.24, 2.45) is 7.05 Å². The summed E-state index contributed by atoms with van der Waals surface area (Å²) in [6.07, 6.45) is 1.47. The van der Waals surface area contributed by atoms with Crippen molar-refractivity contribution >= 4 is 15.8 Å². The molecule has 0 aliphatic carbocycles. The van der Waals surface area contributed by atoms with Gasteiger partial charge in [-0.15, -0.1) is 0 Å². The summed E-state index contributed by atoms with van der Waals surface area (Å²) in [5.41, 5.74) is 5.54. The van der Waals surface area contributed by atoms with Gasteiger partial charge in [-0.25, -0.2) is 8.42 Å². The Morgan fingerprint density at radius 2 is 2.29 bits per heavy atom. The average molecular weight is 257 g/mol. The summed E-state index contributed by atoms with van der Waals surface area (Å²) in [5, 5.41) is 12.4. The van der Waals surface area contributed by atoms with E-state index in [-0.39, 0.29) is 17.1 Å². The van der Waals surface area contributed by atoms with Gasteiger partial charge in [0, 0.05) is 26.3 Å². The number of hydrogen-bond donors (Lipinski definition) is 1. The first-order valence-corrected chi connectivity index (χ1v) is 6.38. The first-order chi connectivity index (χ1) is 7.80. The Morgan fingerprint density at radius 1 is 1.71 bits per heavy atom. The van der Waals surface area contributed by atoms with Gasteiger partial charge in [0.15, 0.2) is 5.82 Å². The van der Waals surface area contributed by atoms with E-state index in [4.69, 9.17) is 11.0 Å². The van der Waals surface area contributed by atoms with Crippen molar-refractivity contribution in [2.45, 2.75) is 24.3 Å². The van der Waals surface area contributed by atoms with Crippen LogP contribution in [0.1, 0.15) is 13.3 Å². The van der Waals surface area contributed by atoms with Gasteiger partial charge in [0.1, 0.15) is 4.90 Å². The maximum Gasteiger partial charge on any atom is 0.248 e. The molecule has 0 aromatic carbocycles. The van der Waals surface area contributed by atoms with Crippen LogP contribution in [0.3, 0.4) is 0 Å². The van der Waals surface area contributed by atoms with Crippen LogP contribution < -0.4 is 5.73 Å². The third kappa shape index (κ3) is 2.57. The topological polar surface area (TPSA) is 105 Å². The monoisotopic (exact) mass is 257 g/mol. The van der Waals surface area contributed by atoms with Gasteiger partial charge >= 0.3 is 0 Å². The second-order valence-electron chi connectivity index (χ2n) is 3.78. The van der Waals surface area contributed by atoms with Gasteiger partial charge < -0.3 is 5.73 Å². The summed E-state index contributed by atoms with van der Waals surface area (Å²) in [6.45, 7) is 1.66. The number of hydrogen-bond acceptors (Lipinski definition) is 5. The molecule has 1 aromatic heterocycles. The summed E-state index contributed by atoms with van der Waals surface area (Å²) in [7, 11) is -0.685. The maximum absolute atomic E-state index is 12.2. The highest BCUT2D eigenvalue weighted by molar-refractivity contribution is 7.89. The van der Waals surface area contributed by atoms with Gasteiger partial charge in [-0.2, -0.15) is 14.7 Å². The van der Waals surface area contributed by atoms with Crippen LogP contribution in [-0.2, 0) is 17.1 Å². The number of anilines is 1. The molecule has 1 unspecified atom stereocenters. The molecule has 8 heteroatoms. The average Bonchev–Trinajstić information content (AvgIpc) is 2.57. The molecule has 1 aromatic rings. The lowest BCUT2D eigenvalue weighted by Crippen LogP contribution is -2.35. The van der Waals surface area contributed by atoms with E-state index < -0.39 is 16.1 Å². The van der Waals surface area contributed by atoms with Crippen molar-refractivity contribution in [3.8, 4) is 6.07 Å². The van der Waals surface area contributed by atoms with Gasteiger partial charge in [0.2, 0.25) is 10.0 Å². The van der Waals surface area contributed by atoms with Crippen molar-refractivity contribution in [3.05, 3.63) is 6.20 Å². The summed E-state index contributed by atoms with van der Waals surface area (Å²) < 4.78 is 26.8. The Labute approximate surface area is 100 Å². The van der Waals surface area contributed by atoms with Gasteiger partial charge in [-0.05, 0) is 6.92 Å².